The lowest BCUT2D eigenvalue weighted by molar-refractivity contribution is -0.926. The third-order valence-corrected chi connectivity index (χ3v) is 4.42. The molecule has 0 spiro atoms. The van der Waals surface area contributed by atoms with Gasteiger partial charge in [0.1, 0.15) is 6.54 Å². The van der Waals surface area contributed by atoms with E-state index in [1.807, 2.05) is 0 Å². The summed E-state index contributed by atoms with van der Waals surface area (Å²) in [4.78, 5) is 0. The fourth-order valence-electron chi connectivity index (χ4n) is 2.93. The molecule has 2 nitrogen and oxygen atoms in total. The van der Waals surface area contributed by atoms with Crippen molar-refractivity contribution in [2.45, 2.75) is 51.4 Å². The van der Waals surface area contributed by atoms with Crippen molar-refractivity contribution in [2.75, 3.05) is 32.8 Å². The number of hydrogen-bond donors (Lipinski definition) is 1. The highest BCUT2D eigenvalue weighted by Gasteiger charge is 2.28. The summed E-state index contributed by atoms with van der Waals surface area (Å²) in [7, 11) is 0. The molecule has 3 heteroatoms. The SMILES string of the molecule is OCCCCCCC[N+]1(CC#CI)CCCCC1. The molecule has 1 heterocycles. The second-order valence-corrected chi connectivity index (χ2v) is 6.03. The maximum atomic E-state index is 8.75. The summed E-state index contributed by atoms with van der Waals surface area (Å²) in [5.41, 5.74) is 0. The summed E-state index contributed by atoms with van der Waals surface area (Å²) < 4.78 is 4.28. The average Bonchev–Trinajstić information content (AvgIpc) is 2.42. The van der Waals surface area contributed by atoms with Crippen LogP contribution in [-0.4, -0.2) is 42.4 Å². The minimum absolute atomic E-state index is 0.352. The van der Waals surface area contributed by atoms with E-state index < -0.39 is 0 Å². The Hall–Kier alpha value is 0.210. The number of likely N-dealkylation sites (tertiary alicyclic amines) is 1. The Morgan fingerprint density at radius 3 is 2.28 bits per heavy atom. The normalized spacial score (nSPS) is 18.1. The molecule has 1 fully saturated rings. The molecular weight excluding hydrogens is 337 g/mol. The molecule has 18 heavy (non-hydrogen) atoms. The maximum Gasteiger partial charge on any atom is 0.141 e. The number of aliphatic hydroxyl groups is 1. The fraction of sp³-hybridized carbons (Fsp3) is 0.867. The van der Waals surface area contributed by atoms with Gasteiger partial charge >= 0.3 is 0 Å². The zero-order chi connectivity index (χ0) is 13.1. The molecular formula is C15H27INO+. The van der Waals surface area contributed by atoms with Crippen molar-refractivity contribution in [3.8, 4) is 9.85 Å². The van der Waals surface area contributed by atoms with Crippen LogP contribution in [0.5, 0.6) is 0 Å². The van der Waals surface area contributed by atoms with Gasteiger partial charge in [0.25, 0.3) is 0 Å². The highest BCUT2D eigenvalue weighted by atomic mass is 127. The van der Waals surface area contributed by atoms with E-state index >= 15 is 0 Å². The first kappa shape index (κ1) is 16.3. The molecule has 1 N–H and O–H groups in total. The lowest BCUT2D eigenvalue weighted by Gasteiger charge is -2.40. The minimum Gasteiger partial charge on any atom is -0.396 e. The first-order chi connectivity index (χ1) is 8.83. The molecule has 0 radical (unpaired) electrons. The van der Waals surface area contributed by atoms with E-state index in [-0.39, 0.29) is 0 Å². The van der Waals surface area contributed by atoms with Gasteiger partial charge < -0.3 is 9.59 Å². The van der Waals surface area contributed by atoms with Crippen molar-refractivity contribution in [1.29, 1.82) is 0 Å². The van der Waals surface area contributed by atoms with Crippen molar-refractivity contribution >= 4 is 22.6 Å². The number of piperidine rings is 1. The van der Waals surface area contributed by atoms with Gasteiger partial charge in [-0.3, -0.25) is 0 Å². The molecule has 1 aliphatic rings. The molecule has 0 unspecified atom stereocenters. The Kier molecular flexibility index (Phi) is 9.08. The Labute approximate surface area is 126 Å². The summed E-state index contributed by atoms with van der Waals surface area (Å²) in [5.74, 6) is 3.30. The third-order valence-electron chi connectivity index (χ3n) is 4.04. The van der Waals surface area contributed by atoms with Crippen LogP contribution in [0.1, 0.15) is 51.4 Å². The quantitative estimate of drug-likeness (QED) is 0.303. The summed E-state index contributed by atoms with van der Waals surface area (Å²) in [6.45, 7) is 5.39. The molecule has 0 bridgehead atoms. The van der Waals surface area contributed by atoms with Gasteiger partial charge in [0.15, 0.2) is 0 Å². The van der Waals surface area contributed by atoms with E-state index in [4.69, 9.17) is 5.11 Å². The third kappa shape index (κ3) is 6.40. The van der Waals surface area contributed by atoms with Crippen molar-refractivity contribution in [1.82, 2.24) is 0 Å². The highest BCUT2D eigenvalue weighted by molar-refractivity contribution is 14.1. The smallest absolute Gasteiger partial charge is 0.141 e. The zero-order valence-electron chi connectivity index (χ0n) is 11.5. The summed E-state index contributed by atoms with van der Waals surface area (Å²) >= 11 is 2.16. The topological polar surface area (TPSA) is 20.2 Å². The number of aliphatic hydroxyl groups excluding tert-OH is 1. The number of halogens is 1. The summed E-state index contributed by atoms with van der Waals surface area (Å²) in [5, 5.41) is 8.75. The monoisotopic (exact) mass is 364 g/mol. The second-order valence-electron chi connectivity index (χ2n) is 5.49. The maximum absolute atomic E-state index is 8.75. The van der Waals surface area contributed by atoms with Gasteiger partial charge in [-0.15, -0.1) is 0 Å². The standard InChI is InChI=1S/C15H27INO/c16-10-9-14-17(12-6-4-7-13-17)11-5-2-1-3-8-15-18/h18H,1-8,11-15H2/q+1. The minimum atomic E-state index is 0.352. The molecule has 0 aromatic heterocycles. The Morgan fingerprint density at radius 2 is 1.61 bits per heavy atom. The number of hydrogen-bond acceptors (Lipinski definition) is 1. The van der Waals surface area contributed by atoms with Gasteiger partial charge in [0.05, 0.1) is 19.6 Å². The van der Waals surface area contributed by atoms with E-state index in [0.29, 0.717) is 6.61 Å². The van der Waals surface area contributed by atoms with E-state index in [0.717, 1.165) is 13.0 Å². The lowest BCUT2D eigenvalue weighted by Crippen LogP contribution is -2.52. The number of nitrogens with zero attached hydrogens (tertiary/aromatic N) is 1. The first-order valence-electron chi connectivity index (χ1n) is 7.37. The van der Waals surface area contributed by atoms with Crippen LogP contribution in [-0.2, 0) is 0 Å². The lowest BCUT2D eigenvalue weighted by atomic mass is 10.1. The molecule has 1 rings (SSSR count). The van der Waals surface area contributed by atoms with Gasteiger partial charge in [0.2, 0.25) is 0 Å². The molecule has 1 aliphatic heterocycles. The predicted octanol–water partition coefficient (Wildman–Crippen LogP) is 3.33. The van der Waals surface area contributed by atoms with Gasteiger partial charge in [-0.25, -0.2) is 0 Å². The van der Waals surface area contributed by atoms with Gasteiger partial charge in [-0.1, -0.05) is 12.8 Å². The van der Waals surface area contributed by atoms with E-state index in [9.17, 15) is 0 Å². The van der Waals surface area contributed by atoms with Crippen LogP contribution < -0.4 is 0 Å². The molecule has 0 aromatic carbocycles. The molecule has 0 aromatic rings. The predicted molar refractivity (Wildman–Crippen MR) is 85.5 cm³/mol. The zero-order valence-corrected chi connectivity index (χ0v) is 13.6. The van der Waals surface area contributed by atoms with Crippen LogP contribution >= 0.6 is 22.6 Å². The van der Waals surface area contributed by atoms with Crippen LogP contribution in [0.25, 0.3) is 0 Å². The first-order valence-corrected chi connectivity index (χ1v) is 8.45. The Bertz CT molecular complexity index is 263. The van der Waals surface area contributed by atoms with Crippen LogP contribution in [0, 0.1) is 9.85 Å². The highest BCUT2D eigenvalue weighted by Crippen LogP contribution is 2.20. The number of quaternary nitrogens is 1. The summed E-state index contributed by atoms with van der Waals surface area (Å²) in [6.07, 6.45) is 10.3. The number of unbranched alkanes of at least 4 members (excludes halogenated alkanes) is 4. The van der Waals surface area contributed by atoms with Gasteiger partial charge in [-0.2, -0.15) is 0 Å². The molecule has 0 saturated carbocycles. The van der Waals surface area contributed by atoms with Crippen LogP contribution in [0.2, 0.25) is 0 Å². The summed E-state index contributed by atoms with van der Waals surface area (Å²) in [6, 6.07) is 0. The van der Waals surface area contributed by atoms with Gasteiger partial charge in [-0.05, 0) is 48.4 Å². The fourth-order valence-corrected chi connectivity index (χ4v) is 3.10. The van der Waals surface area contributed by atoms with E-state index in [1.165, 1.54) is 69.1 Å². The number of rotatable bonds is 8. The Balaban J connectivity index is 2.25. The average molecular weight is 364 g/mol. The van der Waals surface area contributed by atoms with Crippen LogP contribution in [0.15, 0.2) is 0 Å². The Morgan fingerprint density at radius 1 is 0.944 bits per heavy atom. The van der Waals surface area contributed by atoms with Crippen molar-refractivity contribution in [3.63, 3.8) is 0 Å². The van der Waals surface area contributed by atoms with Crippen LogP contribution in [0.3, 0.4) is 0 Å². The molecule has 104 valence electrons. The van der Waals surface area contributed by atoms with Crippen LogP contribution in [0.4, 0.5) is 0 Å². The van der Waals surface area contributed by atoms with Crippen molar-refractivity contribution in [2.24, 2.45) is 0 Å². The van der Waals surface area contributed by atoms with E-state index in [2.05, 4.69) is 32.4 Å². The second kappa shape index (κ2) is 10.1. The molecule has 1 saturated heterocycles. The van der Waals surface area contributed by atoms with Crippen molar-refractivity contribution in [3.05, 3.63) is 0 Å². The van der Waals surface area contributed by atoms with E-state index in [1.54, 1.807) is 0 Å². The van der Waals surface area contributed by atoms with Gasteiger partial charge in [0, 0.05) is 29.2 Å². The molecule has 0 amide bonds. The van der Waals surface area contributed by atoms with Crippen molar-refractivity contribution < 1.29 is 9.59 Å². The molecule has 0 aliphatic carbocycles. The largest absolute Gasteiger partial charge is 0.396 e. The molecule has 0 atom stereocenters.